The molecule has 0 bridgehead atoms. The predicted octanol–water partition coefficient (Wildman–Crippen LogP) is 1.73. The van der Waals surface area contributed by atoms with Crippen LogP contribution in [0.25, 0.3) is 0 Å². The largest absolute Gasteiger partial charge is 0.458 e. The van der Waals surface area contributed by atoms with Crippen LogP contribution in [0.4, 0.5) is 5.69 Å². The summed E-state index contributed by atoms with van der Waals surface area (Å²) < 4.78 is 5.37. The number of nitrogens with one attached hydrogen (secondary N) is 1. The second-order valence-corrected chi connectivity index (χ2v) is 4.49. The average Bonchev–Trinajstić information content (AvgIpc) is 2.68. The van der Waals surface area contributed by atoms with Gasteiger partial charge in [-0.2, -0.15) is 5.10 Å². The fourth-order valence-electron chi connectivity index (χ4n) is 2.02. The van der Waals surface area contributed by atoms with Crippen LogP contribution < -0.4 is 5.73 Å². The second kappa shape index (κ2) is 4.55. The number of hydrogen-bond donors (Lipinski definition) is 2. The van der Waals surface area contributed by atoms with Crippen LogP contribution in [0.5, 0.6) is 0 Å². The summed E-state index contributed by atoms with van der Waals surface area (Å²) in [5.74, 6) is 0.349. The van der Waals surface area contributed by atoms with E-state index in [2.05, 4.69) is 17.1 Å². The molecular formula is C11H17N3O2. The third-order valence-electron chi connectivity index (χ3n) is 3.11. The Labute approximate surface area is 94.4 Å². The first-order chi connectivity index (χ1) is 7.66. The van der Waals surface area contributed by atoms with Crippen molar-refractivity contribution in [3.8, 4) is 0 Å². The minimum atomic E-state index is -0.394. The van der Waals surface area contributed by atoms with Gasteiger partial charge in [-0.15, -0.1) is 0 Å². The number of esters is 1. The van der Waals surface area contributed by atoms with Gasteiger partial charge in [0.05, 0.1) is 11.9 Å². The van der Waals surface area contributed by atoms with Crippen molar-refractivity contribution in [1.29, 1.82) is 0 Å². The standard InChI is InChI=1S/C11H17N3O2/c1-7-2-4-8(5-3-7)16-11(15)10-9(12)6-13-14-10/h6-8H,2-5,12H2,1H3,(H,13,14). The molecule has 88 valence electrons. The third-order valence-corrected chi connectivity index (χ3v) is 3.11. The second-order valence-electron chi connectivity index (χ2n) is 4.49. The summed E-state index contributed by atoms with van der Waals surface area (Å²) in [4.78, 5) is 11.7. The van der Waals surface area contributed by atoms with E-state index in [1.807, 2.05) is 0 Å². The molecule has 0 atom stereocenters. The molecule has 1 fully saturated rings. The van der Waals surface area contributed by atoms with E-state index in [0.29, 0.717) is 5.69 Å². The van der Waals surface area contributed by atoms with Gasteiger partial charge in [0, 0.05) is 0 Å². The van der Waals surface area contributed by atoms with Gasteiger partial charge in [-0.3, -0.25) is 5.10 Å². The van der Waals surface area contributed by atoms with E-state index in [9.17, 15) is 4.79 Å². The summed E-state index contributed by atoms with van der Waals surface area (Å²) in [6.07, 6.45) is 5.58. The van der Waals surface area contributed by atoms with Crippen molar-refractivity contribution < 1.29 is 9.53 Å². The molecule has 0 amide bonds. The first-order valence-corrected chi connectivity index (χ1v) is 5.66. The van der Waals surface area contributed by atoms with E-state index in [4.69, 9.17) is 10.5 Å². The Bertz CT molecular complexity index is 367. The Hall–Kier alpha value is -1.52. The molecule has 2 rings (SSSR count). The zero-order valence-electron chi connectivity index (χ0n) is 9.40. The van der Waals surface area contributed by atoms with E-state index in [0.717, 1.165) is 31.6 Å². The molecule has 0 saturated heterocycles. The smallest absolute Gasteiger partial charge is 0.358 e. The maximum Gasteiger partial charge on any atom is 0.358 e. The number of carbonyl (C=O) groups is 1. The topological polar surface area (TPSA) is 81.0 Å². The molecule has 0 unspecified atom stereocenters. The predicted molar refractivity (Wildman–Crippen MR) is 59.8 cm³/mol. The zero-order chi connectivity index (χ0) is 11.5. The molecular weight excluding hydrogens is 206 g/mol. The molecule has 0 aromatic carbocycles. The highest BCUT2D eigenvalue weighted by Gasteiger charge is 2.23. The molecule has 0 radical (unpaired) electrons. The van der Waals surface area contributed by atoms with Crippen molar-refractivity contribution in [3.63, 3.8) is 0 Å². The van der Waals surface area contributed by atoms with Gasteiger partial charge < -0.3 is 10.5 Å². The van der Waals surface area contributed by atoms with Crippen LogP contribution in [-0.4, -0.2) is 22.3 Å². The van der Waals surface area contributed by atoms with Crippen molar-refractivity contribution in [2.24, 2.45) is 5.92 Å². The van der Waals surface area contributed by atoms with Crippen molar-refractivity contribution >= 4 is 11.7 Å². The molecule has 1 aromatic rings. The van der Waals surface area contributed by atoms with Crippen LogP contribution in [-0.2, 0) is 4.74 Å². The van der Waals surface area contributed by atoms with Gasteiger partial charge in [-0.1, -0.05) is 6.92 Å². The van der Waals surface area contributed by atoms with Crippen LogP contribution in [0.3, 0.4) is 0 Å². The highest BCUT2D eigenvalue weighted by molar-refractivity contribution is 5.92. The van der Waals surface area contributed by atoms with E-state index in [1.165, 1.54) is 6.20 Å². The molecule has 0 spiro atoms. The Morgan fingerprint density at radius 1 is 1.50 bits per heavy atom. The Balaban J connectivity index is 1.91. The number of anilines is 1. The van der Waals surface area contributed by atoms with Crippen LogP contribution in [0.1, 0.15) is 43.1 Å². The van der Waals surface area contributed by atoms with Crippen molar-refractivity contribution in [3.05, 3.63) is 11.9 Å². The number of carbonyl (C=O) groups excluding carboxylic acids is 1. The molecule has 3 N–H and O–H groups in total. The molecule has 1 aromatic heterocycles. The summed E-state index contributed by atoms with van der Waals surface area (Å²) in [6, 6.07) is 0. The Kier molecular flexibility index (Phi) is 3.12. The lowest BCUT2D eigenvalue weighted by molar-refractivity contribution is 0.0168. The summed E-state index contributed by atoms with van der Waals surface area (Å²) in [5, 5.41) is 6.25. The maximum absolute atomic E-state index is 11.7. The molecule has 16 heavy (non-hydrogen) atoms. The molecule has 1 aliphatic carbocycles. The van der Waals surface area contributed by atoms with Crippen LogP contribution >= 0.6 is 0 Å². The fourth-order valence-corrected chi connectivity index (χ4v) is 2.02. The lowest BCUT2D eigenvalue weighted by atomic mass is 9.89. The lowest BCUT2D eigenvalue weighted by Crippen LogP contribution is -2.24. The van der Waals surface area contributed by atoms with Gasteiger partial charge >= 0.3 is 5.97 Å². The van der Waals surface area contributed by atoms with Crippen LogP contribution in [0.2, 0.25) is 0 Å². The first kappa shape index (κ1) is 11.0. The molecule has 1 aliphatic rings. The highest BCUT2D eigenvalue weighted by atomic mass is 16.5. The maximum atomic E-state index is 11.7. The number of nitrogens with zero attached hydrogens (tertiary/aromatic N) is 1. The molecule has 5 heteroatoms. The fraction of sp³-hybridized carbons (Fsp3) is 0.636. The number of aromatic amines is 1. The van der Waals surface area contributed by atoms with Gasteiger partial charge in [-0.25, -0.2) is 4.79 Å². The van der Waals surface area contributed by atoms with E-state index in [-0.39, 0.29) is 11.8 Å². The van der Waals surface area contributed by atoms with Gasteiger partial charge in [-0.05, 0) is 31.6 Å². The molecule has 5 nitrogen and oxygen atoms in total. The van der Waals surface area contributed by atoms with Crippen molar-refractivity contribution in [2.75, 3.05) is 5.73 Å². The zero-order valence-corrected chi connectivity index (χ0v) is 9.40. The third kappa shape index (κ3) is 2.35. The molecule has 1 saturated carbocycles. The molecule has 0 aliphatic heterocycles. The van der Waals surface area contributed by atoms with Crippen molar-refractivity contribution in [1.82, 2.24) is 10.2 Å². The SMILES string of the molecule is CC1CCC(OC(=O)c2[nH]ncc2N)CC1. The number of H-pyrrole nitrogens is 1. The normalized spacial score (nSPS) is 25.3. The minimum absolute atomic E-state index is 0.0337. The van der Waals surface area contributed by atoms with Crippen LogP contribution in [0, 0.1) is 5.92 Å². The van der Waals surface area contributed by atoms with Gasteiger partial charge in [0.15, 0.2) is 5.69 Å². The number of nitrogens with two attached hydrogens (primary N) is 1. The average molecular weight is 223 g/mol. The Morgan fingerprint density at radius 3 is 2.75 bits per heavy atom. The Morgan fingerprint density at radius 2 is 2.19 bits per heavy atom. The van der Waals surface area contributed by atoms with E-state index in [1.54, 1.807) is 0 Å². The number of nitrogen functional groups attached to an aromatic ring is 1. The summed E-state index contributed by atoms with van der Waals surface area (Å²) in [7, 11) is 0. The van der Waals surface area contributed by atoms with Gasteiger partial charge in [0.1, 0.15) is 6.10 Å². The molecule has 1 heterocycles. The van der Waals surface area contributed by atoms with E-state index >= 15 is 0 Å². The quantitative estimate of drug-likeness (QED) is 0.748. The first-order valence-electron chi connectivity index (χ1n) is 5.66. The minimum Gasteiger partial charge on any atom is -0.458 e. The monoisotopic (exact) mass is 223 g/mol. The van der Waals surface area contributed by atoms with Gasteiger partial charge in [0.25, 0.3) is 0 Å². The van der Waals surface area contributed by atoms with E-state index < -0.39 is 5.97 Å². The number of rotatable bonds is 2. The summed E-state index contributed by atoms with van der Waals surface area (Å²) in [6.45, 7) is 2.23. The van der Waals surface area contributed by atoms with Crippen LogP contribution in [0.15, 0.2) is 6.20 Å². The summed E-state index contributed by atoms with van der Waals surface area (Å²) >= 11 is 0. The lowest BCUT2D eigenvalue weighted by Gasteiger charge is -2.25. The summed E-state index contributed by atoms with van der Waals surface area (Å²) in [5.41, 5.74) is 6.18. The van der Waals surface area contributed by atoms with Gasteiger partial charge in [0.2, 0.25) is 0 Å². The number of aromatic nitrogens is 2. The number of ether oxygens (including phenoxy) is 1. The van der Waals surface area contributed by atoms with Crippen molar-refractivity contribution in [2.45, 2.75) is 38.7 Å². The number of hydrogen-bond acceptors (Lipinski definition) is 4. The highest BCUT2D eigenvalue weighted by Crippen LogP contribution is 2.26.